The number of carbonyl (C=O) groups excluding carboxylic acids is 1. The van der Waals surface area contributed by atoms with E-state index in [1.165, 1.54) is 10.7 Å². The molecule has 8 nitrogen and oxygen atoms in total. The lowest BCUT2D eigenvalue weighted by Crippen LogP contribution is -2.19. The molecule has 23 heavy (non-hydrogen) atoms. The number of anilines is 1. The molecule has 1 amide bonds. The number of aromatic nitrogens is 3. The predicted molar refractivity (Wildman–Crippen MR) is 80.2 cm³/mol. The summed E-state index contributed by atoms with van der Waals surface area (Å²) in [4.78, 5) is 27.2. The van der Waals surface area contributed by atoms with E-state index >= 15 is 0 Å². The number of benzene rings is 1. The monoisotopic (exact) mass is 312 g/mol. The highest BCUT2D eigenvalue weighted by Gasteiger charge is 2.18. The zero-order valence-corrected chi connectivity index (χ0v) is 11.8. The average molecular weight is 312 g/mol. The van der Waals surface area contributed by atoms with E-state index < -0.39 is 12.1 Å². The fraction of sp³-hybridized carbons (Fsp3) is 0.0667. The number of ether oxygens (including phenoxy) is 1. The second-order valence-electron chi connectivity index (χ2n) is 4.61. The van der Waals surface area contributed by atoms with Crippen LogP contribution < -0.4 is 5.32 Å². The Labute approximate surface area is 130 Å². The van der Waals surface area contributed by atoms with Gasteiger partial charge in [-0.25, -0.2) is 14.6 Å². The van der Waals surface area contributed by atoms with Gasteiger partial charge in [0.2, 0.25) is 0 Å². The van der Waals surface area contributed by atoms with Crippen molar-refractivity contribution in [2.75, 3.05) is 5.32 Å². The summed E-state index contributed by atoms with van der Waals surface area (Å²) in [5.41, 5.74) is 1.05. The Balaban J connectivity index is 1.80. The molecule has 1 aromatic carbocycles. The predicted octanol–water partition coefficient (Wildman–Crippen LogP) is 2.18. The largest absolute Gasteiger partial charge is 0.477 e. The zero-order valence-electron chi connectivity index (χ0n) is 11.8. The number of fused-ring (bicyclic) bond motifs is 1. The Morgan fingerprint density at radius 2 is 2.00 bits per heavy atom. The summed E-state index contributed by atoms with van der Waals surface area (Å²) in [6.45, 7) is 0.0718. The third-order valence-electron chi connectivity index (χ3n) is 3.08. The molecule has 0 aliphatic carbocycles. The summed E-state index contributed by atoms with van der Waals surface area (Å²) in [5, 5.41) is 15.6. The van der Waals surface area contributed by atoms with Gasteiger partial charge in [0.1, 0.15) is 12.2 Å². The summed E-state index contributed by atoms with van der Waals surface area (Å²) in [6.07, 6.45) is 1.83. The van der Waals surface area contributed by atoms with Crippen molar-refractivity contribution >= 4 is 23.5 Å². The summed E-state index contributed by atoms with van der Waals surface area (Å²) in [6, 6.07) is 10.7. The molecule has 0 bridgehead atoms. The summed E-state index contributed by atoms with van der Waals surface area (Å²) in [5.74, 6) is -1.24. The van der Waals surface area contributed by atoms with Gasteiger partial charge < -0.3 is 9.84 Å². The van der Waals surface area contributed by atoms with Gasteiger partial charge in [-0.15, -0.1) is 0 Å². The molecule has 3 rings (SSSR count). The number of hydrogen-bond donors (Lipinski definition) is 2. The van der Waals surface area contributed by atoms with Crippen LogP contribution in [0.25, 0.3) is 5.65 Å². The maximum absolute atomic E-state index is 11.9. The standard InChI is InChI=1S/C15H12N4O4/c20-14(21)11-8-16-12-6-7-17-19(12)13(11)18-15(22)23-9-10-4-2-1-3-5-10/h1-8H,9H2,(H,18,22)(H,20,21). The highest BCUT2D eigenvalue weighted by atomic mass is 16.5. The van der Waals surface area contributed by atoms with E-state index in [1.54, 1.807) is 6.07 Å². The molecule has 2 N–H and O–H groups in total. The molecular weight excluding hydrogens is 300 g/mol. The number of rotatable bonds is 4. The third-order valence-corrected chi connectivity index (χ3v) is 3.08. The SMILES string of the molecule is O=C(Nc1c(C(=O)O)cnc2ccnn12)OCc1ccccc1. The number of carboxylic acids is 1. The maximum atomic E-state index is 11.9. The molecule has 3 aromatic rings. The van der Waals surface area contributed by atoms with Crippen LogP contribution in [-0.2, 0) is 11.3 Å². The van der Waals surface area contributed by atoms with Crippen LogP contribution in [0.4, 0.5) is 10.6 Å². The molecule has 2 aromatic heterocycles. The number of carbonyl (C=O) groups is 2. The highest BCUT2D eigenvalue weighted by Crippen LogP contribution is 2.16. The van der Waals surface area contributed by atoms with Crippen LogP contribution in [-0.4, -0.2) is 31.8 Å². The third kappa shape index (κ3) is 3.10. The van der Waals surface area contributed by atoms with Gasteiger partial charge in [-0.05, 0) is 5.56 Å². The molecule has 0 aliphatic heterocycles. The Hall–Kier alpha value is -3.42. The van der Waals surface area contributed by atoms with Crippen molar-refractivity contribution in [3.8, 4) is 0 Å². The molecule has 0 atom stereocenters. The van der Waals surface area contributed by atoms with Gasteiger partial charge in [0, 0.05) is 12.3 Å². The van der Waals surface area contributed by atoms with Crippen molar-refractivity contribution in [3.05, 3.63) is 59.9 Å². The van der Waals surface area contributed by atoms with E-state index in [-0.39, 0.29) is 18.0 Å². The van der Waals surface area contributed by atoms with E-state index in [2.05, 4.69) is 15.4 Å². The van der Waals surface area contributed by atoms with Gasteiger partial charge in [-0.2, -0.15) is 9.61 Å². The average Bonchev–Trinajstić information content (AvgIpc) is 3.03. The normalized spacial score (nSPS) is 10.4. The van der Waals surface area contributed by atoms with Gasteiger partial charge in [0.25, 0.3) is 0 Å². The van der Waals surface area contributed by atoms with Crippen molar-refractivity contribution in [2.45, 2.75) is 6.61 Å². The molecule has 116 valence electrons. The molecule has 0 aliphatic rings. The Bertz CT molecular complexity index is 860. The first kappa shape index (κ1) is 14.5. The first-order valence-corrected chi connectivity index (χ1v) is 6.69. The van der Waals surface area contributed by atoms with Crippen LogP contribution in [0.3, 0.4) is 0 Å². The van der Waals surface area contributed by atoms with E-state index in [0.717, 1.165) is 11.8 Å². The second-order valence-corrected chi connectivity index (χ2v) is 4.61. The fourth-order valence-corrected chi connectivity index (χ4v) is 2.01. The zero-order chi connectivity index (χ0) is 16.2. The second kappa shape index (κ2) is 6.14. The van der Waals surface area contributed by atoms with E-state index in [4.69, 9.17) is 4.74 Å². The van der Waals surface area contributed by atoms with Crippen LogP contribution >= 0.6 is 0 Å². The molecule has 0 fully saturated rings. The number of nitrogens with zero attached hydrogens (tertiary/aromatic N) is 3. The van der Waals surface area contributed by atoms with E-state index in [1.807, 2.05) is 30.3 Å². The van der Waals surface area contributed by atoms with Gasteiger partial charge in [0.05, 0.1) is 6.20 Å². The maximum Gasteiger partial charge on any atom is 0.413 e. The lowest BCUT2D eigenvalue weighted by molar-refractivity contribution is 0.0697. The fourth-order valence-electron chi connectivity index (χ4n) is 2.01. The lowest BCUT2D eigenvalue weighted by Gasteiger charge is -2.10. The number of carboxylic acid groups (broad SMARTS) is 1. The smallest absolute Gasteiger partial charge is 0.413 e. The van der Waals surface area contributed by atoms with Crippen LogP contribution in [0.1, 0.15) is 15.9 Å². The van der Waals surface area contributed by atoms with Crippen molar-refractivity contribution in [1.29, 1.82) is 0 Å². The quantitative estimate of drug-likeness (QED) is 0.765. The summed E-state index contributed by atoms with van der Waals surface area (Å²) >= 11 is 0. The van der Waals surface area contributed by atoms with Crippen molar-refractivity contribution in [2.24, 2.45) is 0 Å². The number of amides is 1. The molecule has 2 heterocycles. The van der Waals surface area contributed by atoms with Crippen LogP contribution in [0.15, 0.2) is 48.8 Å². The Morgan fingerprint density at radius 3 is 2.74 bits per heavy atom. The molecule has 0 spiro atoms. The van der Waals surface area contributed by atoms with Gasteiger partial charge in [-0.3, -0.25) is 5.32 Å². The first-order valence-electron chi connectivity index (χ1n) is 6.69. The number of aromatic carboxylic acids is 1. The minimum Gasteiger partial charge on any atom is -0.477 e. The minimum atomic E-state index is -1.23. The van der Waals surface area contributed by atoms with Gasteiger partial charge >= 0.3 is 12.1 Å². The highest BCUT2D eigenvalue weighted by molar-refractivity contribution is 5.97. The van der Waals surface area contributed by atoms with Gasteiger partial charge in [-0.1, -0.05) is 30.3 Å². The van der Waals surface area contributed by atoms with Gasteiger partial charge in [0.15, 0.2) is 11.5 Å². The topological polar surface area (TPSA) is 106 Å². The van der Waals surface area contributed by atoms with Crippen LogP contribution in [0.2, 0.25) is 0 Å². The molecule has 8 heteroatoms. The Kier molecular flexibility index (Phi) is 3.88. The summed E-state index contributed by atoms with van der Waals surface area (Å²) in [7, 11) is 0. The van der Waals surface area contributed by atoms with Crippen molar-refractivity contribution in [1.82, 2.24) is 14.6 Å². The van der Waals surface area contributed by atoms with Crippen molar-refractivity contribution in [3.63, 3.8) is 0 Å². The first-order chi connectivity index (χ1) is 11.1. The summed E-state index contributed by atoms with van der Waals surface area (Å²) < 4.78 is 6.32. The van der Waals surface area contributed by atoms with Crippen LogP contribution in [0.5, 0.6) is 0 Å². The lowest BCUT2D eigenvalue weighted by atomic mass is 10.2. The van der Waals surface area contributed by atoms with Crippen LogP contribution in [0, 0.1) is 0 Å². The molecule has 0 radical (unpaired) electrons. The van der Waals surface area contributed by atoms with E-state index in [0.29, 0.717) is 5.65 Å². The number of nitrogens with one attached hydrogen (secondary N) is 1. The molecule has 0 unspecified atom stereocenters. The Morgan fingerprint density at radius 1 is 1.22 bits per heavy atom. The molecule has 0 saturated heterocycles. The molecular formula is C15H12N4O4. The minimum absolute atomic E-state index is 0.00874. The molecule has 0 saturated carbocycles. The number of hydrogen-bond acceptors (Lipinski definition) is 5. The van der Waals surface area contributed by atoms with E-state index in [9.17, 15) is 14.7 Å². The van der Waals surface area contributed by atoms with Crippen molar-refractivity contribution < 1.29 is 19.4 Å².